The number of methoxy groups -OCH3 is 1. The quantitative estimate of drug-likeness (QED) is 0.638. The Morgan fingerprint density at radius 2 is 2.06 bits per heavy atom. The third-order valence-corrected chi connectivity index (χ3v) is 7.76. The van der Waals surface area contributed by atoms with Crippen LogP contribution < -0.4 is 0 Å². The molecule has 1 saturated heterocycles. The van der Waals surface area contributed by atoms with Crippen LogP contribution in [0.1, 0.15) is 44.2 Å². The second-order valence-corrected chi connectivity index (χ2v) is 9.51. The maximum Gasteiger partial charge on any atom is 0.222 e. The lowest BCUT2D eigenvalue weighted by Crippen LogP contribution is -2.41. The number of hydrogen-bond donors (Lipinski definition) is 0. The van der Waals surface area contributed by atoms with Gasteiger partial charge in [-0.05, 0) is 73.8 Å². The molecular weight excluding hydrogens is 403 g/mol. The molecule has 5 atom stereocenters. The van der Waals surface area contributed by atoms with Crippen LogP contribution in [-0.2, 0) is 9.53 Å². The Hall–Kier alpha value is -2.53. The summed E-state index contributed by atoms with van der Waals surface area (Å²) in [6.07, 6.45) is 12.6. The number of amides is 1. The highest BCUT2D eigenvalue weighted by molar-refractivity contribution is 5.78. The molecule has 3 fully saturated rings. The zero-order chi connectivity index (χ0) is 22.1. The molecular formula is C27H31FN2O2. The zero-order valence-corrected chi connectivity index (χ0v) is 18.6. The molecule has 4 nitrogen and oxygen atoms in total. The molecule has 5 heteroatoms. The van der Waals surface area contributed by atoms with Crippen LogP contribution in [0.5, 0.6) is 0 Å². The summed E-state index contributed by atoms with van der Waals surface area (Å²) >= 11 is 0. The standard InChI is InChI=1S/C27H31FN2O2/c1-32-26-16-20-15-23(30-13-3-6-27(30)31)10-12-24(20)25(26)11-9-22-8-7-19(17-29-22)18-4-2-5-21(28)14-18/h2,4-5,7-9,11,14,17,20,23-26H,3,6,10,12-13,15-16H2,1H3/t20-,23?,24+,25+,26-/m1/s1. The van der Waals surface area contributed by atoms with Crippen molar-refractivity contribution in [3.05, 3.63) is 60.2 Å². The molecule has 168 valence electrons. The summed E-state index contributed by atoms with van der Waals surface area (Å²) < 4.78 is 19.4. The first-order chi connectivity index (χ1) is 15.6. The molecule has 1 unspecified atom stereocenters. The van der Waals surface area contributed by atoms with E-state index in [-0.39, 0.29) is 11.9 Å². The molecule has 1 amide bonds. The van der Waals surface area contributed by atoms with E-state index in [0.29, 0.717) is 29.7 Å². The Kier molecular flexibility index (Phi) is 6.09. The minimum Gasteiger partial charge on any atom is -0.381 e. The molecule has 0 spiro atoms. The molecule has 0 bridgehead atoms. The molecule has 1 aromatic carbocycles. The van der Waals surface area contributed by atoms with Crippen LogP contribution in [0.25, 0.3) is 17.2 Å². The molecule has 2 aliphatic carbocycles. The number of rotatable bonds is 5. The Labute approximate surface area is 189 Å². The largest absolute Gasteiger partial charge is 0.381 e. The molecule has 2 heterocycles. The highest BCUT2D eigenvalue weighted by Crippen LogP contribution is 2.49. The topological polar surface area (TPSA) is 42.4 Å². The first-order valence-corrected chi connectivity index (χ1v) is 11.8. The number of ether oxygens (including phenoxy) is 1. The van der Waals surface area contributed by atoms with E-state index in [0.717, 1.165) is 61.9 Å². The molecule has 1 aliphatic heterocycles. The van der Waals surface area contributed by atoms with Crippen LogP contribution in [0.3, 0.4) is 0 Å². The van der Waals surface area contributed by atoms with Gasteiger partial charge in [0.05, 0.1) is 11.8 Å². The summed E-state index contributed by atoms with van der Waals surface area (Å²) in [6.45, 7) is 0.940. The SMILES string of the molecule is CO[C@@H]1C[C@H]2CC(N3CCCC3=O)CC[C@@H]2[C@@H]1C=Cc1ccc(-c2cccc(F)c2)cn1. The van der Waals surface area contributed by atoms with E-state index in [1.54, 1.807) is 12.3 Å². The summed E-state index contributed by atoms with van der Waals surface area (Å²) in [5, 5.41) is 0. The van der Waals surface area contributed by atoms with Gasteiger partial charge in [-0.1, -0.05) is 24.3 Å². The second-order valence-electron chi connectivity index (χ2n) is 9.51. The Bertz CT molecular complexity index is 989. The smallest absolute Gasteiger partial charge is 0.222 e. The van der Waals surface area contributed by atoms with Crippen molar-refractivity contribution in [3.8, 4) is 11.1 Å². The third-order valence-electron chi connectivity index (χ3n) is 7.76. The van der Waals surface area contributed by atoms with Gasteiger partial charge in [-0.15, -0.1) is 0 Å². The average molecular weight is 435 g/mol. The monoisotopic (exact) mass is 434 g/mol. The fourth-order valence-corrected chi connectivity index (χ4v) is 6.18. The van der Waals surface area contributed by atoms with Crippen molar-refractivity contribution in [2.24, 2.45) is 17.8 Å². The molecule has 0 radical (unpaired) electrons. The lowest BCUT2D eigenvalue weighted by Gasteiger charge is -2.38. The number of benzene rings is 1. The number of hydrogen-bond acceptors (Lipinski definition) is 3. The Morgan fingerprint density at radius 3 is 2.78 bits per heavy atom. The van der Waals surface area contributed by atoms with Crippen LogP contribution in [0.4, 0.5) is 4.39 Å². The van der Waals surface area contributed by atoms with E-state index in [4.69, 9.17) is 4.74 Å². The van der Waals surface area contributed by atoms with Crippen molar-refractivity contribution in [3.63, 3.8) is 0 Å². The summed E-state index contributed by atoms with van der Waals surface area (Å²) in [5.41, 5.74) is 2.64. The maximum atomic E-state index is 13.5. The van der Waals surface area contributed by atoms with E-state index in [1.165, 1.54) is 12.1 Å². The Balaban J connectivity index is 1.27. The fraction of sp³-hybridized carbons (Fsp3) is 0.481. The van der Waals surface area contributed by atoms with Crippen LogP contribution in [0.2, 0.25) is 0 Å². The van der Waals surface area contributed by atoms with Crippen LogP contribution in [-0.4, -0.2) is 41.6 Å². The molecule has 3 aliphatic rings. The maximum absolute atomic E-state index is 13.5. The zero-order valence-electron chi connectivity index (χ0n) is 18.6. The number of halogens is 1. The summed E-state index contributed by atoms with van der Waals surface area (Å²) in [4.78, 5) is 18.9. The van der Waals surface area contributed by atoms with Crippen molar-refractivity contribution in [1.82, 2.24) is 9.88 Å². The van der Waals surface area contributed by atoms with Gasteiger partial charge in [0.1, 0.15) is 5.82 Å². The fourth-order valence-electron chi connectivity index (χ4n) is 6.18. The number of likely N-dealkylation sites (tertiary alicyclic amines) is 1. The van der Waals surface area contributed by atoms with Crippen LogP contribution in [0.15, 0.2) is 48.7 Å². The predicted molar refractivity (Wildman–Crippen MR) is 123 cm³/mol. The van der Waals surface area contributed by atoms with E-state index >= 15 is 0 Å². The number of fused-ring (bicyclic) bond motifs is 1. The molecule has 2 saturated carbocycles. The summed E-state index contributed by atoms with van der Waals surface area (Å²) in [5.74, 6) is 1.71. The van der Waals surface area contributed by atoms with Gasteiger partial charge in [0, 0.05) is 43.8 Å². The van der Waals surface area contributed by atoms with E-state index in [2.05, 4.69) is 22.0 Å². The lowest BCUT2D eigenvalue weighted by atomic mass is 9.75. The number of carbonyl (C=O) groups excluding carboxylic acids is 1. The van der Waals surface area contributed by atoms with Crippen molar-refractivity contribution in [2.75, 3.05) is 13.7 Å². The van der Waals surface area contributed by atoms with E-state index in [1.807, 2.05) is 25.3 Å². The number of aromatic nitrogens is 1. The highest BCUT2D eigenvalue weighted by Gasteiger charge is 2.46. The van der Waals surface area contributed by atoms with Gasteiger partial charge in [-0.25, -0.2) is 4.39 Å². The summed E-state index contributed by atoms with van der Waals surface area (Å²) in [6, 6.07) is 11.0. The minimum absolute atomic E-state index is 0.223. The number of carbonyl (C=O) groups is 1. The van der Waals surface area contributed by atoms with Gasteiger partial charge < -0.3 is 9.64 Å². The first kappa shape index (κ1) is 21.3. The van der Waals surface area contributed by atoms with E-state index in [9.17, 15) is 9.18 Å². The van der Waals surface area contributed by atoms with Gasteiger partial charge in [0.15, 0.2) is 0 Å². The molecule has 5 rings (SSSR count). The molecule has 0 N–H and O–H groups in total. The average Bonchev–Trinajstić information content (AvgIpc) is 3.40. The first-order valence-electron chi connectivity index (χ1n) is 11.8. The summed E-state index contributed by atoms with van der Waals surface area (Å²) in [7, 11) is 1.82. The van der Waals surface area contributed by atoms with Crippen molar-refractivity contribution in [2.45, 2.75) is 50.7 Å². The predicted octanol–water partition coefficient (Wildman–Crippen LogP) is 5.34. The van der Waals surface area contributed by atoms with Crippen molar-refractivity contribution >= 4 is 12.0 Å². The molecule has 2 aromatic rings. The van der Waals surface area contributed by atoms with Gasteiger partial charge in [0.25, 0.3) is 0 Å². The van der Waals surface area contributed by atoms with Crippen LogP contribution in [0, 0.1) is 23.6 Å². The van der Waals surface area contributed by atoms with Gasteiger partial charge in [-0.3, -0.25) is 9.78 Å². The van der Waals surface area contributed by atoms with E-state index < -0.39 is 0 Å². The molecule has 1 aromatic heterocycles. The van der Waals surface area contributed by atoms with Crippen molar-refractivity contribution in [1.29, 1.82) is 0 Å². The van der Waals surface area contributed by atoms with Crippen molar-refractivity contribution < 1.29 is 13.9 Å². The second kappa shape index (κ2) is 9.14. The Morgan fingerprint density at radius 1 is 1.16 bits per heavy atom. The molecule has 32 heavy (non-hydrogen) atoms. The normalized spacial score (nSPS) is 30.2. The number of nitrogens with zero attached hydrogens (tertiary/aromatic N) is 2. The minimum atomic E-state index is -0.239. The van der Waals surface area contributed by atoms with Crippen LogP contribution >= 0.6 is 0 Å². The van der Waals surface area contributed by atoms with Gasteiger partial charge in [-0.2, -0.15) is 0 Å². The van der Waals surface area contributed by atoms with Gasteiger partial charge in [0.2, 0.25) is 5.91 Å². The van der Waals surface area contributed by atoms with Gasteiger partial charge >= 0.3 is 0 Å². The lowest BCUT2D eigenvalue weighted by molar-refractivity contribution is -0.130. The number of pyridine rings is 1. The third kappa shape index (κ3) is 4.23. The highest BCUT2D eigenvalue weighted by atomic mass is 19.1.